The molecular formula is C5H5FIN. The maximum absolute atomic E-state index is 12.3. The van der Waals surface area contributed by atoms with Crippen molar-refractivity contribution in [3.05, 3.63) is 21.3 Å². The van der Waals surface area contributed by atoms with Gasteiger partial charge < -0.3 is 4.98 Å². The number of nitrogens with one attached hydrogen (secondary N) is 1. The minimum Gasteiger partial charge on any atom is -0.354 e. The van der Waals surface area contributed by atoms with Crippen molar-refractivity contribution in [2.45, 2.75) is 6.92 Å². The molecule has 0 aliphatic carbocycles. The maximum atomic E-state index is 12.3. The van der Waals surface area contributed by atoms with Crippen LogP contribution in [0.5, 0.6) is 0 Å². The number of halogens is 2. The third kappa shape index (κ3) is 0.866. The Labute approximate surface area is 60.4 Å². The summed E-state index contributed by atoms with van der Waals surface area (Å²) in [6, 6.07) is 0. The monoisotopic (exact) mass is 225 g/mol. The summed E-state index contributed by atoms with van der Waals surface area (Å²) in [5.41, 5.74) is 0.700. The summed E-state index contributed by atoms with van der Waals surface area (Å²) in [5, 5.41) is 0. The van der Waals surface area contributed by atoms with E-state index in [0.717, 1.165) is 3.70 Å². The summed E-state index contributed by atoms with van der Waals surface area (Å²) in [4.78, 5) is 2.75. The molecule has 0 atom stereocenters. The minimum atomic E-state index is -0.158. The van der Waals surface area contributed by atoms with E-state index in [9.17, 15) is 4.39 Å². The molecule has 0 aliphatic heterocycles. The molecule has 3 heteroatoms. The van der Waals surface area contributed by atoms with Crippen LogP contribution >= 0.6 is 22.6 Å². The fourth-order valence-electron chi connectivity index (χ4n) is 0.448. The average molecular weight is 225 g/mol. The number of H-pyrrole nitrogens is 1. The molecule has 0 saturated heterocycles. The Morgan fingerprint density at radius 2 is 2.38 bits per heavy atom. The first-order valence-corrected chi connectivity index (χ1v) is 3.28. The zero-order valence-corrected chi connectivity index (χ0v) is 6.49. The van der Waals surface area contributed by atoms with Crippen molar-refractivity contribution in [1.82, 2.24) is 4.98 Å². The lowest BCUT2D eigenvalue weighted by Crippen LogP contribution is -1.72. The van der Waals surface area contributed by atoms with Crippen LogP contribution in [0.15, 0.2) is 6.20 Å². The molecule has 0 amide bonds. The van der Waals surface area contributed by atoms with Crippen molar-refractivity contribution in [2.75, 3.05) is 0 Å². The van der Waals surface area contributed by atoms with Gasteiger partial charge in [0.1, 0.15) is 5.82 Å². The van der Waals surface area contributed by atoms with E-state index in [1.807, 2.05) is 22.6 Å². The van der Waals surface area contributed by atoms with Crippen LogP contribution in [0.3, 0.4) is 0 Å². The Bertz CT molecular complexity index is 175. The third-order valence-electron chi connectivity index (χ3n) is 1.01. The summed E-state index contributed by atoms with van der Waals surface area (Å²) in [7, 11) is 0. The Kier molecular flexibility index (Phi) is 1.55. The molecule has 0 radical (unpaired) electrons. The minimum absolute atomic E-state index is 0.158. The predicted octanol–water partition coefficient (Wildman–Crippen LogP) is 2.07. The molecule has 0 unspecified atom stereocenters. The molecular weight excluding hydrogens is 220 g/mol. The molecule has 0 fully saturated rings. The van der Waals surface area contributed by atoms with Crippen LogP contribution in [0.1, 0.15) is 5.56 Å². The van der Waals surface area contributed by atoms with E-state index < -0.39 is 0 Å². The molecule has 1 N–H and O–H groups in total. The van der Waals surface area contributed by atoms with Crippen LogP contribution in [-0.2, 0) is 0 Å². The summed E-state index contributed by atoms with van der Waals surface area (Å²) >= 11 is 2.05. The van der Waals surface area contributed by atoms with Crippen LogP contribution < -0.4 is 0 Å². The van der Waals surface area contributed by atoms with Gasteiger partial charge in [0.2, 0.25) is 0 Å². The zero-order valence-electron chi connectivity index (χ0n) is 4.33. The Balaban J connectivity index is 3.19. The number of aromatic nitrogens is 1. The normalized spacial score (nSPS) is 9.88. The predicted molar refractivity (Wildman–Crippen MR) is 38.2 cm³/mol. The molecule has 44 valence electrons. The molecule has 0 aliphatic rings. The first-order chi connectivity index (χ1) is 3.72. The molecule has 1 nitrogen and oxygen atoms in total. The zero-order chi connectivity index (χ0) is 6.15. The van der Waals surface area contributed by atoms with E-state index in [1.54, 1.807) is 6.92 Å². The second-order valence-electron chi connectivity index (χ2n) is 1.58. The second-order valence-corrected chi connectivity index (χ2v) is 2.65. The standard InChI is InChI=1S/C5H5FIN/c1-3-4(6)2-8-5(3)7/h2,8H,1H3. The maximum Gasteiger partial charge on any atom is 0.144 e. The summed E-state index contributed by atoms with van der Waals surface area (Å²) in [6.07, 6.45) is 1.36. The van der Waals surface area contributed by atoms with Crippen LogP contribution in [0.25, 0.3) is 0 Å². The lowest BCUT2D eigenvalue weighted by molar-refractivity contribution is 0.621. The molecule has 1 aromatic heterocycles. The van der Waals surface area contributed by atoms with Crippen LogP contribution in [0.2, 0.25) is 0 Å². The molecule has 1 heterocycles. The summed E-state index contributed by atoms with van der Waals surface area (Å²) < 4.78 is 13.2. The molecule has 0 spiro atoms. The van der Waals surface area contributed by atoms with E-state index in [2.05, 4.69) is 4.98 Å². The fraction of sp³-hybridized carbons (Fsp3) is 0.200. The van der Waals surface area contributed by atoms with Crippen LogP contribution in [0.4, 0.5) is 4.39 Å². The SMILES string of the molecule is Cc1c(F)c[nH]c1I. The highest BCUT2D eigenvalue weighted by Gasteiger charge is 2.00. The average Bonchev–Trinajstić information content (AvgIpc) is 1.98. The topological polar surface area (TPSA) is 15.8 Å². The molecule has 1 aromatic rings. The second kappa shape index (κ2) is 2.05. The van der Waals surface area contributed by atoms with Gasteiger partial charge in [0.05, 0.1) is 3.70 Å². The largest absolute Gasteiger partial charge is 0.354 e. The Morgan fingerprint density at radius 1 is 1.75 bits per heavy atom. The molecule has 1 rings (SSSR count). The third-order valence-corrected chi connectivity index (χ3v) is 2.13. The molecule has 0 aromatic carbocycles. The summed E-state index contributed by atoms with van der Waals surface area (Å²) in [5.74, 6) is -0.158. The van der Waals surface area contributed by atoms with Crippen molar-refractivity contribution < 1.29 is 4.39 Å². The number of rotatable bonds is 0. The van der Waals surface area contributed by atoms with Crippen LogP contribution in [0, 0.1) is 16.4 Å². The van der Waals surface area contributed by atoms with E-state index in [4.69, 9.17) is 0 Å². The highest BCUT2D eigenvalue weighted by Crippen LogP contribution is 2.11. The Hall–Kier alpha value is -0.0600. The van der Waals surface area contributed by atoms with Gasteiger partial charge in [-0.05, 0) is 29.5 Å². The Morgan fingerprint density at radius 3 is 2.50 bits per heavy atom. The lowest BCUT2D eigenvalue weighted by Gasteiger charge is -1.81. The number of hydrogen-bond donors (Lipinski definition) is 1. The van der Waals surface area contributed by atoms with Gasteiger partial charge >= 0.3 is 0 Å². The van der Waals surface area contributed by atoms with Gasteiger partial charge in [-0.15, -0.1) is 0 Å². The highest BCUT2D eigenvalue weighted by atomic mass is 127. The van der Waals surface area contributed by atoms with Crippen molar-refractivity contribution in [1.29, 1.82) is 0 Å². The summed E-state index contributed by atoms with van der Waals surface area (Å²) in [6.45, 7) is 1.74. The van der Waals surface area contributed by atoms with E-state index >= 15 is 0 Å². The van der Waals surface area contributed by atoms with Gasteiger partial charge in [-0.2, -0.15) is 0 Å². The van der Waals surface area contributed by atoms with Crippen molar-refractivity contribution in [2.24, 2.45) is 0 Å². The fourth-order valence-corrected chi connectivity index (χ4v) is 0.861. The van der Waals surface area contributed by atoms with Crippen molar-refractivity contribution >= 4 is 22.6 Å². The van der Waals surface area contributed by atoms with Gasteiger partial charge in [0.25, 0.3) is 0 Å². The molecule has 0 bridgehead atoms. The van der Waals surface area contributed by atoms with Gasteiger partial charge in [-0.25, -0.2) is 4.39 Å². The molecule has 8 heavy (non-hydrogen) atoms. The van der Waals surface area contributed by atoms with Crippen molar-refractivity contribution in [3.63, 3.8) is 0 Å². The van der Waals surface area contributed by atoms with E-state index in [0.29, 0.717) is 5.56 Å². The number of aromatic amines is 1. The lowest BCUT2D eigenvalue weighted by atomic mass is 10.4. The van der Waals surface area contributed by atoms with Gasteiger partial charge in [0.15, 0.2) is 0 Å². The van der Waals surface area contributed by atoms with Gasteiger partial charge in [-0.3, -0.25) is 0 Å². The van der Waals surface area contributed by atoms with Crippen LogP contribution in [-0.4, -0.2) is 4.98 Å². The molecule has 0 saturated carbocycles. The quantitative estimate of drug-likeness (QED) is 0.650. The first-order valence-electron chi connectivity index (χ1n) is 2.21. The smallest absolute Gasteiger partial charge is 0.144 e. The van der Waals surface area contributed by atoms with Gasteiger partial charge in [0, 0.05) is 11.8 Å². The van der Waals surface area contributed by atoms with E-state index in [-0.39, 0.29) is 5.82 Å². The number of hydrogen-bond acceptors (Lipinski definition) is 0. The highest BCUT2D eigenvalue weighted by molar-refractivity contribution is 14.1. The van der Waals surface area contributed by atoms with Crippen molar-refractivity contribution in [3.8, 4) is 0 Å². The van der Waals surface area contributed by atoms with E-state index in [1.165, 1.54) is 6.20 Å². The first kappa shape index (κ1) is 6.07. The van der Waals surface area contributed by atoms with Gasteiger partial charge in [-0.1, -0.05) is 0 Å².